The second-order valence-electron chi connectivity index (χ2n) is 7.37. The van der Waals surface area contributed by atoms with Crippen LogP contribution in [0, 0.1) is 6.92 Å². The van der Waals surface area contributed by atoms with Gasteiger partial charge in [0.25, 0.3) is 5.91 Å². The van der Waals surface area contributed by atoms with Crippen LogP contribution in [0.15, 0.2) is 78.9 Å². The van der Waals surface area contributed by atoms with Gasteiger partial charge in [-0.3, -0.25) is 9.59 Å². The zero-order chi connectivity index (χ0) is 24.3. The van der Waals surface area contributed by atoms with Crippen LogP contribution in [-0.4, -0.2) is 24.6 Å². The highest BCUT2D eigenvalue weighted by Gasteiger charge is 2.09. The van der Waals surface area contributed by atoms with Crippen molar-refractivity contribution >= 4 is 29.7 Å². The average Bonchev–Trinajstić information content (AvgIpc) is 2.83. The molecule has 0 atom stereocenters. The van der Waals surface area contributed by atoms with Crippen molar-refractivity contribution in [1.82, 2.24) is 5.32 Å². The Morgan fingerprint density at radius 1 is 0.912 bits per heavy atom. The third kappa shape index (κ3) is 7.34. The van der Waals surface area contributed by atoms with Crippen molar-refractivity contribution in [2.24, 2.45) is 0 Å². The maximum absolute atomic E-state index is 12.5. The number of aryl methyl sites for hydroxylation is 1. The minimum absolute atomic E-state index is 0.184. The van der Waals surface area contributed by atoms with E-state index in [0.29, 0.717) is 17.8 Å². The molecule has 7 nitrogen and oxygen atoms in total. The monoisotopic (exact) mass is 458 g/mol. The Morgan fingerprint density at radius 3 is 2.29 bits per heavy atom. The Kier molecular flexibility index (Phi) is 8.57. The summed E-state index contributed by atoms with van der Waals surface area (Å²) in [6.45, 7) is 4.26. The SMILES string of the molecule is CCOC(=O)Oc1ccc(C(=O)Nc2ccc(CNC(=O)/C=C/c3ccccc3C)cc2)cc1. The normalized spacial score (nSPS) is 10.5. The number of anilines is 1. The first-order chi connectivity index (χ1) is 16.4. The van der Waals surface area contributed by atoms with E-state index >= 15 is 0 Å². The van der Waals surface area contributed by atoms with E-state index in [4.69, 9.17) is 9.47 Å². The highest BCUT2D eigenvalue weighted by molar-refractivity contribution is 6.04. The molecule has 3 rings (SSSR count). The number of ether oxygens (including phenoxy) is 2. The lowest BCUT2D eigenvalue weighted by molar-refractivity contribution is -0.116. The van der Waals surface area contributed by atoms with Gasteiger partial charge in [0.15, 0.2) is 0 Å². The predicted molar refractivity (Wildman–Crippen MR) is 131 cm³/mol. The third-order valence-electron chi connectivity index (χ3n) is 4.86. The van der Waals surface area contributed by atoms with Crippen LogP contribution in [0.2, 0.25) is 0 Å². The molecule has 34 heavy (non-hydrogen) atoms. The first-order valence-corrected chi connectivity index (χ1v) is 10.8. The van der Waals surface area contributed by atoms with E-state index in [-0.39, 0.29) is 24.2 Å². The minimum Gasteiger partial charge on any atom is -0.434 e. The number of rotatable bonds is 8. The van der Waals surface area contributed by atoms with Gasteiger partial charge in [-0.15, -0.1) is 0 Å². The first-order valence-electron chi connectivity index (χ1n) is 10.8. The maximum atomic E-state index is 12.5. The Labute approximate surface area is 198 Å². The van der Waals surface area contributed by atoms with Crippen LogP contribution in [0.4, 0.5) is 10.5 Å². The molecule has 0 fully saturated rings. The summed E-state index contributed by atoms with van der Waals surface area (Å²) >= 11 is 0. The number of hydrogen-bond donors (Lipinski definition) is 2. The number of benzene rings is 3. The zero-order valence-corrected chi connectivity index (χ0v) is 19.0. The summed E-state index contributed by atoms with van der Waals surface area (Å²) in [4.78, 5) is 35.9. The summed E-state index contributed by atoms with van der Waals surface area (Å²) in [5.74, 6) is -0.198. The summed E-state index contributed by atoms with van der Waals surface area (Å²) in [5.41, 5.74) is 4.03. The standard InChI is InChI=1S/C27H26N2O5/c1-3-33-27(32)34-24-15-10-22(11-16-24)26(31)29-23-13-8-20(9-14-23)18-28-25(30)17-12-21-7-5-4-6-19(21)2/h4-17H,3,18H2,1-2H3,(H,28,30)(H,29,31)/b17-12+. The van der Waals surface area contributed by atoms with Crippen LogP contribution in [-0.2, 0) is 16.1 Å². The van der Waals surface area contributed by atoms with Crippen molar-refractivity contribution in [3.8, 4) is 5.75 Å². The molecular formula is C27H26N2O5. The van der Waals surface area contributed by atoms with Gasteiger partial charge in [0.1, 0.15) is 5.75 Å². The number of amides is 2. The van der Waals surface area contributed by atoms with Crippen molar-refractivity contribution < 1.29 is 23.9 Å². The van der Waals surface area contributed by atoms with Gasteiger partial charge in [-0.25, -0.2) is 4.79 Å². The van der Waals surface area contributed by atoms with Gasteiger partial charge in [-0.2, -0.15) is 0 Å². The summed E-state index contributed by atoms with van der Waals surface area (Å²) in [6, 6.07) is 21.2. The second kappa shape index (κ2) is 12.0. The number of hydrogen-bond acceptors (Lipinski definition) is 5. The van der Waals surface area contributed by atoms with Crippen LogP contribution >= 0.6 is 0 Å². The first kappa shape index (κ1) is 24.3. The molecule has 0 unspecified atom stereocenters. The van der Waals surface area contributed by atoms with E-state index in [1.54, 1.807) is 37.3 Å². The van der Waals surface area contributed by atoms with E-state index < -0.39 is 6.16 Å². The lowest BCUT2D eigenvalue weighted by Crippen LogP contribution is -2.20. The van der Waals surface area contributed by atoms with E-state index in [1.165, 1.54) is 18.2 Å². The van der Waals surface area contributed by atoms with E-state index in [0.717, 1.165) is 16.7 Å². The van der Waals surface area contributed by atoms with E-state index in [1.807, 2.05) is 43.3 Å². The Morgan fingerprint density at radius 2 is 1.62 bits per heavy atom. The van der Waals surface area contributed by atoms with Crippen molar-refractivity contribution in [2.45, 2.75) is 20.4 Å². The molecule has 0 aliphatic rings. The molecule has 3 aromatic carbocycles. The van der Waals surface area contributed by atoms with Crippen LogP contribution in [0.5, 0.6) is 5.75 Å². The van der Waals surface area contributed by atoms with Crippen molar-refractivity contribution in [2.75, 3.05) is 11.9 Å². The average molecular weight is 459 g/mol. The molecular weight excluding hydrogens is 432 g/mol. The fourth-order valence-corrected chi connectivity index (χ4v) is 3.01. The third-order valence-corrected chi connectivity index (χ3v) is 4.86. The molecule has 0 saturated heterocycles. The van der Waals surface area contributed by atoms with Gasteiger partial charge in [0.05, 0.1) is 6.61 Å². The molecule has 0 bridgehead atoms. The largest absolute Gasteiger partial charge is 0.513 e. The summed E-state index contributed by atoms with van der Waals surface area (Å²) in [5, 5.41) is 5.65. The molecule has 0 heterocycles. The van der Waals surface area contributed by atoms with Crippen LogP contribution in [0.25, 0.3) is 6.08 Å². The molecule has 0 aromatic heterocycles. The van der Waals surface area contributed by atoms with Gasteiger partial charge in [0.2, 0.25) is 5.91 Å². The fourth-order valence-electron chi connectivity index (χ4n) is 3.01. The van der Waals surface area contributed by atoms with Crippen molar-refractivity contribution in [3.63, 3.8) is 0 Å². The molecule has 2 N–H and O–H groups in total. The maximum Gasteiger partial charge on any atom is 0.513 e. The molecule has 0 aliphatic heterocycles. The Hall–Kier alpha value is -4.39. The quantitative estimate of drug-likeness (QED) is 0.278. The molecule has 174 valence electrons. The molecule has 7 heteroatoms. The zero-order valence-electron chi connectivity index (χ0n) is 19.0. The highest BCUT2D eigenvalue weighted by atomic mass is 16.7. The lowest BCUT2D eigenvalue weighted by atomic mass is 10.1. The number of nitrogens with one attached hydrogen (secondary N) is 2. The highest BCUT2D eigenvalue weighted by Crippen LogP contribution is 2.16. The van der Waals surface area contributed by atoms with Gasteiger partial charge >= 0.3 is 6.16 Å². The second-order valence-corrected chi connectivity index (χ2v) is 7.37. The van der Waals surface area contributed by atoms with Gasteiger partial charge in [-0.05, 0) is 73.0 Å². The predicted octanol–water partition coefficient (Wildman–Crippen LogP) is 5.11. The van der Waals surface area contributed by atoms with E-state index in [2.05, 4.69) is 10.6 Å². The minimum atomic E-state index is -0.793. The van der Waals surface area contributed by atoms with Crippen molar-refractivity contribution in [1.29, 1.82) is 0 Å². The number of carbonyl (C=O) groups excluding carboxylic acids is 3. The summed E-state index contributed by atoms with van der Waals surface area (Å²) in [6.07, 6.45) is 2.51. The van der Waals surface area contributed by atoms with E-state index in [9.17, 15) is 14.4 Å². The summed E-state index contributed by atoms with van der Waals surface area (Å²) < 4.78 is 9.69. The Bertz CT molecular complexity index is 1170. The molecule has 2 amide bonds. The lowest BCUT2D eigenvalue weighted by Gasteiger charge is -2.08. The molecule has 3 aromatic rings. The molecule has 0 radical (unpaired) electrons. The smallest absolute Gasteiger partial charge is 0.434 e. The topological polar surface area (TPSA) is 93.7 Å². The van der Waals surface area contributed by atoms with Crippen LogP contribution < -0.4 is 15.4 Å². The van der Waals surface area contributed by atoms with Gasteiger partial charge in [-0.1, -0.05) is 36.4 Å². The fraction of sp³-hybridized carbons (Fsp3) is 0.148. The summed E-state index contributed by atoms with van der Waals surface area (Å²) in [7, 11) is 0. The van der Waals surface area contributed by atoms with Crippen molar-refractivity contribution in [3.05, 3.63) is 101 Å². The van der Waals surface area contributed by atoms with Crippen LogP contribution in [0.3, 0.4) is 0 Å². The van der Waals surface area contributed by atoms with Gasteiger partial charge < -0.3 is 20.1 Å². The van der Waals surface area contributed by atoms with Crippen LogP contribution in [0.1, 0.15) is 34.0 Å². The molecule has 0 spiro atoms. The Balaban J connectivity index is 1.48. The number of carbonyl (C=O) groups is 3. The van der Waals surface area contributed by atoms with Gasteiger partial charge in [0, 0.05) is 23.9 Å². The molecule has 0 saturated carbocycles. The molecule has 0 aliphatic carbocycles.